The van der Waals surface area contributed by atoms with E-state index in [9.17, 15) is 50.8 Å². The lowest BCUT2D eigenvalue weighted by Gasteiger charge is -2.72. The van der Waals surface area contributed by atoms with Gasteiger partial charge < -0.3 is 55.4 Å². The standard InChI is InChI=1S/C36H58O12/c1-31(2)9-11-36(30(46)48-29-25(43)24(42)23(41)20(15-37)47-29)12-10-34(5)17(22(36)28(31)45)7-8-21-32(3)13-19(40)27(44)33(4,16-38)26(32)18(39)14-35(21,34)6/h7,18-29,37-45H,8-16H2,1-6H3/t18-,19-,20-,21?,22?,23-,24+,25-,26?,27+,28+,29+,32-,33+,34-,35-,36+/m1/s1. The van der Waals surface area contributed by atoms with Crippen LogP contribution in [-0.4, -0.2) is 120 Å². The second kappa shape index (κ2) is 11.7. The molecule has 1 saturated heterocycles. The zero-order chi connectivity index (χ0) is 35.6. The molecule has 17 atom stereocenters. The Balaban J connectivity index is 1.41. The van der Waals surface area contributed by atoms with Crippen LogP contribution in [-0.2, 0) is 14.3 Å². The van der Waals surface area contributed by atoms with Gasteiger partial charge in [-0.2, -0.15) is 0 Å². The van der Waals surface area contributed by atoms with Crippen molar-refractivity contribution in [1.82, 2.24) is 0 Å². The van der Waals surface area contributed by atoms with Crippen LogP contribution in [0.4, 0.5) is 0 Å². The summed E-state index contributed by atoms with van der Waals surface area (Å²) in [7, 11) is 0. The molecule has 274 valence electrons. The van der Waals surface area contributed by atoms with Gasteiger partial charge in [-0.25, -0.2) is 0 Å². The first kappa shape index (κ1) is 36.6. The number of ether oxygens (including phenoxy) is 2. The van der Waals surface area contributed by atoms with Gasteiger partial charge in [0.05, 0.1) is 43.0 Å². The highest BCUT2D eigenvalue weighted by atomic mass is 16.7. The van der Waals surface area contributed by atoms with Crippen LogP contribution in [0, 0.1) is 50.2 Å². The Hall–Kier alpha value is -1.19. The summed E-state index contributed by atoms with van der Waals surface area (Å²) in [5.41, 5.74) is -3.71. The minimum atomic E-state index is -1.75. The van der Waals surface area contributed by atoms with Gasteiger partial charge in [0.25, 0.3) is 0 Å². The summed E-state index contributed by atoms with van der Waals surface area (Å²) in [4.78, 5) is 14.4. The molecule has 5 aliphatic carbocycles. The van der Waals surface area contributed by atoms with Crippen molar-refractivity contribution in [3.05, 3.63) is 11.6 Å². The Kier molecular flexibility index (Phi) is 8.89. The highest BCUT2D eigenvalue weighted by molar-refractivity contribution is 5.79. The summed E-state index contributed by atoms with van der Waals surface area (Å²) in [6, 6.07) is 0. The summed E-state index contributed by atoms with van der Waals surface area (Å²) in [6.07, 6.45) is -6.92. The van der Waals surface area contributed by atoms with Gasteiger partial charge >= 0.3 is 5.97 Å². The topological polar surface area (TPSA) is 218 Å². The Morgan fingerprint density at radius 1 is 0.833 bits per heavy atom. The fourth-order valence-corrected chi connectivity index (χ4v) is 12.3. The Labute approximate surface area is 282 Å². The van der Waals surface area contributed by atoms with E-state index in [-0.39, 0.29) is 18.9 Å². The van der Waals surface area contributed by atoms with E-state index in [0.29, 0.717) is 38.5 Å². The fourth-order valence-electron chi connectivity index (χ4n) is 12.3. The maximum absolute atomic E-state index is 14.4. The largest absolute Gasteiger partial charge is 0.432 e. The van der Waals surface area contributed by atoms with Crippen LogP contribution < -0.4 is 0 Å². The van der Waals surface area contributed by atoms with Crippen LogP contribution in [0.1, 0.15) is 86.5 Å². The van der Waals surface area contributed by atoms with Crippen LogP contribution in [0.25, 0.3) is 0 Å². The number of hydrogen-bond acceptors (Lipinski definition) is 12. The molecule has 4 saturated carbocycles. The van der Waals surface area contributed by atoms with Gasteiger partial charge in [0.2, 0.25) is 6.29 Å². The summed E-state index contributed by atoms with van der Waals surface area (Å²) < 4.78 is 11.4. The zero-order valence-corrected chi connectivity index (χ0v) is 29.1. The molecule has 1 heterocycles. The first-order valence-electron chi connectivity index (χ1n) is 17.8. The number of fused-ring (bicyclic) bond motifs is 7. The molecule has 5 fully saturated rings. The maximum atomic E-state index is 14.4. The number of aliphatic hydroxyl groups excluding tert-OH is 9. The van der Waals surface area contributed by atoms with Gasteiger partial charge in [0.1, 0.15) is 24.4 Å². The molecule has 0 aromatic heterocycles. The molecule has 1 aliphatic heterocycles. The Morgan fingerprint density at radius 3 is 2.10 bits per heavy atom. The molecule has 0 aromatic rings. The van der Waals surface area contributed by atoms with Crippen molar-refractivity contribution in [3.8, 4) is 0 Å². The zero-order valence-electron chi connectivity index (χ0n) is 29.1. The maximum Gasteiger partial charge on any atom is 0.315 e. The van der Waals surface area contributed by atoms with E-state index in [1.54, 1.807) is 6.92 Å². The number of carbonyl (C=O) groups is 1. The van der Waals surface area contributed by atoms with E-state index in [2.05, 4.69) is 26.8 Å². The molecule has 48 heavy (non-hydrogen) atoms. The third-order valence-corrected chi connectivity index (χ3v) is 15.3. The minimum Gasteiger partial charge on any atom is -0.432 e. The average Bonchev–Trinajstić information content (AvgIpc) is 3.02. The third-order valence-electron chi connectivity index (χ3n) is 15.3. The lowest BCUT2D eigenvalue weighted by molar-refractivity contribution is -0.299. The first-order valence-corrected chi connectivity index (χ1v) is 17.8. The first-order chi connectivity index (χ1) is 22.2. The molecule has 6 rings (SSSR count). The van der Waals surface area contributed by atoms with Gasteiger partial charge in [-0.3, -0.25) is 4.79 Å². The Bertz CT molecular complexity index is 1300. The van der Waals surface area contributed by atoms with Gasteiger partial charge in [-0.05, 0) is 72.5 Å². The highest BCUT2D eigenvalue weighted by Crippen LogP contribution is 2.75. The van der Waals surface area contributed by atoms with E-state index in [1.165, 1.54) is 0 Å². The SMILES string of the molecule is CC1(C)CC[C@]2(C(=O)O[C@@H]3O[C@H](CO)[C@@H](O)[C@H](O)[C@H]3O)CC[C@]3(C)C(=CCC4[C@@]5(C)C[C@@H](O)[C@H](O)[C@@](C)(CO)C5[C@H](O)C[C@]43C)C2[C@@H]1O. The number of carbonyl (C=O) groups excluding carboxylic acids is 1. The molecule has 9 N–H and O–H groups in total. The third kappa shape index (κ3) is 4.66. The van der Waals surface area contributed by atoms with Crippen molar-refractivity contribution >= 4 is 5.97 Å². The van der Waals surface area contributed by atoms with Crippen molar-refractivity contribution in [2.24, 2.45) is 50.2 Å². The van der Waals surface area contributed by atoms with Gasteiger partial charge in [0.15, 0.2) is 0 Å². The van der Waals surface area contributed by atoms with Crippen molar-refractivity contribution in [1.29, 1.82) is 0 Å². The number of hydrogen-bond donors (Lipinski definition) is 9. The van der Waals surface area contributed by atoms with E-state index in [0.717, 1.165) is 5.57 Å². The molecule has 0 amide bonds. The lowest BCUT2D eigenvalue weighted by atomic mass is 9.32. The summed E-state index contributed by atoms with van der Waals surface area (Å²) >= 11 is 0. The normalized spacial score (nSPS) is 56.1. The minimum absolute atomic E-state index is 0.0533. The predicted molar refractivity (Wildman–Crippen MR) is 170 cm³/mol. The second-order valence-corrected chi connectivity index (χ2v) is 18.0. The van der Waals surface area contributed by atoms with Crippen LogP contribution in [0.2, 0.25) is 0 Å². The monoisotopic (exact) mass is 682 g/mol. The van der Waals surface area contributed by atoms with Crippen molar-refractivity contribution in [2.75, 3.05) is 13.2 Å². The quantitative estimate of drug-likeness (QED) is 0.145. The molecule has 0 aromatic carbocycles. The molecule has 6 aliphatic rings. The van der Waals surface area contributed by atoms with Crippen LogP contribution in [0.5, 0.6) is 0 Å². The number of rotatable bonds is 4. The second-order valence-electron chi connectivity index (χ2n) is 18.0. The van der Waals surface area contributed by atoms with E-state index < -0.39 is 112 Å². The summed E-state index contributed by atoms with van der Waals surface area (Å²) in [5.74, 6) is -1.87. The van der Waals surface area contributed by atoms with E-state index in [1.807, 2.05) is 13.8 Å². The van der Waals surface area contributed by atoms with Gasteiger partial charge in [0, 0.05) is 17.3 Å². The Morgan fingerprint density at radius 2 is 1.48 bits per heavy atom. The average molecular weight is 683 g/mol. The van der Waals surface area contributed by atoms with Gasteiger partial charge in [-0.1, -0.05) is 53.2 Å². The van der Waals surface area contributed by atoms with Crippen molar-refractivity contribution < 1.29 is 60.2 Å². The molecule has 3 unspecified atom stereocenters. The molecular weight excluding hydrogens is 624 g/mol. The lowest BCUT2D eigenvalue weighted by Crippen LogP contribution is -2.72. The molecule has 12 nitrogen and oxygen atoms in total. The van der Waals surface area contributed by atoms with Crippen molar-refractivity contribution in [2.45, 2.75) is 142 Å². The number of allylic oxidation sites excluding steroid dienone is 1. The molecule has 0 spiro atoms. The van der Waals surface area contributed by atoms with Crippen molar-refractivity contribution in [3.63, 3.8) is 0 Å². The molecule has 0 radical (unpaired) electrons. The smallest absolute Gasteiger partial charge is 0.315 e. The summed E-state index contributed by atoms with van der Waals surface area (Å²) in [5, 5.41) is 98.0. The van der Waals surface area contributed by atoms with Crippen LogP contribution in [0.3, 0.4) is 0 Å². The molecule has 0 bridgehead atoms. The fraction of sp³-hybridized carbons (Fsp3) is 0.917. The molecule has 12 heteroatoms. The summed E-state index contributed by atoms with van der Waals surface area (Å²) in [6.45, 7) is 11.0. The highest BCUT2D eigenvalue weighted by Gasteiger charge is 2.73. The van der Waals surface area contributed by atoms with Crippen LogP contribution >= 0.6 is 0 Å². The molecular formula is C36H58O12. The number of esters is 1. The van der Waals surface area contributed by atoms with E-state index >= 15 is 0 Å². The van der Waals surface area contributed by atoms with Crippen LogP contribution in [0.15, 0.2) is 11.6 Å². The van der Waals surface area contributed by atoms with E-state index in [4.69, 9.17) is 9.47 Å². The number of aliphatic hydroxyl groups is 9. The predicted octanol–water partition coefficient (Wildman–Crippen LogP) is 0.377. The van der Waals surface area contributed by atoms with Gasteiger partial charge in [-0.15, -0.1) is 0 Å².